The lowest BCUT2D eigenvalue weighted by Gasteiger charge is -2.26. The minimum Gasteiger partial charge on any atom is -0.379 e. The quantitative estimate of drug-likeness (QED) is 0.743. The van der Waals surface area contributed by atoms with E-state index < -0.39 is 0 Å². The Balaban J connectivity index is 1.81. The van der Waals surface area contributed by atoms with Crippen LogP contribution in [-0.4, -0.2) is 38.3 Å². The van der Waals surface area contributed by atoms with Gasteiger partial charge in [0, 0.05) is 13.7 Å². The van der Waals surface area contributed by atoms with Gasteiger partial charge in [-0.05, 0) is 38.6 Å². The number of hydrogen-bond donors (Lipinski definition) is 2. The van der Waals surface area contributed by atoms with Crippen molar-refractivity contribution in [3.63, 3.8) is 0 Å². The largest absolute Gasteiger partial charge is 0.379 e. The molecule has 2 aliphatic rings. The number of carbonyl (C=O) groups excluding carboxylic acids is 1. The van der Waals surface area contributed by atoms with Crippen molar-refractivity contribution in [1.29, 1.82) is 0 Å². The van der Waals surface area contributed by atoms with Gasteiger partial charge in [-0.2, -0.15) is 0 Å². The summed E-state index contributed by atoms with van der Waals surface area (Å²) in [5, 5.41) is 6.42. The fourth-order valence-electron chi connectivity index (χ4n) is 2.75. The van der Waals surface area contributed by atoms with Crippen molar-refractivity contribution in [3.8, 4) is 0 Å². The topological polar surface area (TPSA) is 50.4 Å². The van der Waals surface area contributed by atoms with Gasteiger partial charge in [0.1, 0.15) is 0 Å². The molecule has 1 aliphatic heterocycles. The Labute approximate surface area is 97.1 Å². The van der Waals surface area contributed by atoms with Gasteiger partial charge in [-0.3, -0.25) is 4.79 Å². The molecule has 2 unspecified atom stereocenters. The summed E-state index contributed by atoms with van der Waals surface area (Å²) >= 11 is 0. The van der Waals surface area contributed by atoms with E-state index >= 15 is 0 Å². The van der Waals surface area contributed by atoms with Crippen LogP contribution in [0.15, 0.2) is 0 Å². The van der Waals surface area contributed by atoms with Crippen LogP contribution < -0.4 is 10.6 Å². The molecule has 1 aliphatic carbocycles. The van der Waals surface area contributed by atoms with Gasteiger partial charge in [0.05, 0.1) is 18.1 Å². The first-order valence-corrected chi connectivity index (χ1v) is 6.35. The molecule has 2 fully saturated rings. The molecule has 3 atom stereocenters. The third-order valence-corrected chi connectivity index (χ3v) is 3.75. The van der Waals surface area contributed by atoms with Gasteiger partial charge >= 0.3 is 0 Å². The van der Waals surface area contributed by atoms with Crippen LogP contribution in [-0.2, 0) is 9.53 Å². The summed E-state index contributed by atoms with van der Waals surface area (Å²) in [6.45, 7) is 1.88. The van der Waals surface area contributed by atoms with E-state index in [1.54, 1.807) is 7.11 Å². The Kier molecular flexibility index (Phi) is 4.18. The van der Waals surface area contributed by atoms with Crippen LogP contribution in [0.25, 0.3) is 0 Å². The lowest BCUT2D eigenvalue weighted by atomic mass is 9.98. The SMILES string of the molecule is COC1CCCC1NC(=O)[C@H]1CCCNC1. The zero-order valence-electron chi connectivity index (χ0n) is 10.00. The van der Waals surface area contributed by atoms with Crippen LogP contribution in [0.1, 0.15) is 32.1 Å². The second-order valence-corrected chi connectivity index (χ2v) is 4.86. The second-order valence-electron chi connectivity index (χ2n) is 4.86. The van der Waals surface area contributed by atoms with Gasteiger partial charge in [-0.1, -0.05) is 0 Å². The zero-order chi connectivity index (χ0) is 11.4. The third-order valence-electron chi connectivity index (χ3n) is 3.75. The first-order valence-electron chi connectivity index (χ1n) is 6.35. The van der Waals surface area contributed by atoms with Gasteiger partial charge in [-0.25, -0.2) is 0 Å². The molecule has 1 saturated carbocycles. The molecule has 2 rings (SSSR count). The molecule has 92 valence electrons. The van der Waals surface area contributed by atoms with Gasteiger partial charge < -0.3 is 15.4 Å². The molecule has 4 heteroatoms. The summed E-state index contributed by atoms with van der Waals surface area (Å²) in [6.07, 6.45) is 5.64. The summed E-state index contributed by atoms with van der Waals surface area (Å²) in [7, 11) is 1.73. The minimum absolute atomic E-state index is 0.159. The molecule has 0 spiro atoms. The monoisotopic (exact) mass is 226 g/mol. The standard InChI is InChI=1S/C12H22N2O2/c1-16-11-6-2-5-10(11)14-12(15)9-4-3-7-13-8-9/h9-11,13H,2-8H2,1H3,(H,14,15)/t9-,10?,11?/m0/s1. The average molecular weight is 226 g/mol. The first-order chi connectivity index (χ1) is 7.81. The van der Waals surface area contributed by atoms with Crippen LogP contribution in [0.4, 0.5) is 0 Å². The summed E-state index contributed by atoms with van der Waals surface area (Å²) < 4.78 is 5.38. The highest BCUT2D eigenvalue weighted by atomic mass is 16.5. The van der Waals surface area contributed by atoms with Crippen LogP contribution in [0.2, 0.25) is 0 Å². The lowest BCUT2D eigenvalue weighted by Crippen LogP contribution is -2.47. The highest BCUT2D eigenvalue weighted by Crippen LogP contribution is 2.22. The van der Waals surface area contributed by atoms with E-state index in [-0.39, 0.29) is 24.0 Å². The van der Waals surface area contributed by atoms with E-state index in [4.69, 9.17) is 4.74 Å². The van der Waals surface area contributed by atoms with E-state index in [9.17, 15) is 4.79 Å². The number of methoxy groups -OCH3 is 1. The fraction of sp³-hybridized carbons (Fsp3) is 0.917. The molecule has 2 N–H and O–H groups in total. The highest BCUT2D eigenvalue weighted by molar-refractivity contribution is 5.79. The number of amides is 1. The lowest BCUT2D eigenvalue weighted by molar-refractivity contribution is -0.127. The van der Waals surface area contributed by atoms with Crippen molar-refractivity contribution in [2.24, 2.45) is 5.92 Å². The molecular formula is C12H22N2O2. The van der Waals surface area contributed by atoms with Crippen molar-refractivity contribution in [2.45, 2.75) is 44.2 Å². The Morgan fingerprint density at radius 2 is 2.19 bits per heavy atom. The number of rotatable bonds is 3. The smallest absolute Gasteiger partial charge is 0.224 e. The minimum atomic E-state index is 0.159. The normalized spacial score (nSPS) is 34.9. The van der Waals surface area contributed by atoms with Gasteiger partial charge in [-0.15, -0.1) is 0 Å². The average Bonchev–Trinajstić information content (AvgIpc) is 2.77. The van der Waals surface area contributed by atoms with Gasteiger partial charge in [0.15, 0.2) is 0 Å². The molecule has 1 saturated heterocycles. The highest BCUT2D eigenvalue weighted by Gasteiger charge is 2.30. The van der Waals surface area contributed by atoms with Crippen LogP contribution in [0.5, 0.6) is 0 Å². The maximum absolute atomic E-state index is 12.0. The molecule has 0 radical (unpaired) electrons. The Hall–Kier alpha value is -0.610. The predicted octanol–water partition coefficient (Wildman–Crippen LogP) is 0.670. The summed E-state index contributed by atoms with van der Waals surface area (Å²) in [5.74, 6) is 0.369. The number of piperidine rings is 1. The number of hydrogen-bond acceptors (Lipinski definition) is 3. The van der Waals surface area contributed by atoms with E-state index in [2.05, 4.69) is 10.6 Å². The predicted molar refractivity (Wildman–Crippen MR) is 62.2 cm³/mol. The first kappa shape index (κ1) is 11.9. The second kappa shape index (κ2) is 5.64. The maximum atomic E-state index is 12.0. The Morgan fingerprint density at radius 3 is 2.88 bits per heavy atom. The van der Waals surface area contributed by atoms with Gasteiger partial charge in [0.25, 0.3) is 0 Å². The van der Waals surface area contributed by atoms with Crippen LogP contribution in [0, 0.1) is 5.92 Å². The maximum Gasteiger partial charge on any atom is 0.224 e. The molecule has 16 heavy (non-hydrogen) atoms. The van der Waals surface area contributed by atoms with Crippen molar-refractivity contribution < 1.29 is 9.53 Å². The van der Waals surface area contributed by atoms with Crippen molar-refractivity contribution in [3.05, 3.63) is 0 Å². The number of nitrogens with one attached hydrogen (secondary N) is 2. The van der Waals surface area contributed by atoms with E-state index in [0.29, 0.717) is 0 Å². The molecule has 0 aromatic carbocycles. The van der Waals surface area contributed by atoms with Crippen molar-refractivity contribution in [2.75, 3.05) is 20.2 Å². The Bertz CT molecular complexity index is 239. The molecule has 0 aromatic rings. The van der Waals surface area contributed by atoms with Crippen LogP contribution >= 0.6 is 0 Å². The Morgan fingerprint density at radius 1 is 1.31 bits per heavy atom. The summed E-state index contributed by atoms with van der Waals surface area (Å²) in [5.41, 5.74) is 0. The molecule has 0 bridgehead atoms. The molecule has 0 aromatic heterocycles. The fourth-order valence-corrected chi connectivity index (χ4v) is 2.75. The van der Waals surface area contributed by atoms with Crippen molar-refractivity contribution in [1.82, 2.24) is 10.6 Å². The molecule has 1 heterocycles. The molecule has 1 amide bonds. The van der Waals surface area contributed by atoms with Gasteiger partial charge in [0.2, 0.25) is 5.91 Å². The summed E-state index contributed by atoms with van der Waals surface area (Å²) in [4.78, 5) is 12.0. The zero-order valence-corrected chi connectivity index (χ0v) is 10.00. The number of ether oxygens (including phenoxy) is 1. The summed E-state index contributed by atoms with van der Waals surface area (Å²) in [6, 6.07) is 0.236. The molecule has 4 nitrogen and oxygen atoms in total. The molecular weight excluding hydrogens is 204 g/mol. The third kappa shape index (κ3) is 2.74. The van der Waals surface area contributed by atoms with E-state index in [1.165, 1.54) is 0 Å². The van der Waals surface area contributed by atoms with Crippen molar-refractivity contribution >= 4 is 5.91 Å². The number of carbonyl (C=O) groups is 1. The van der Waals surface area contributed by atoms with Crippen LogP contribution in [0.3, 0.4) is 0 Å². The van der Waals surface area contributed by atoms with E-state index in [1.807, 2.05) is 0 Å². The van der Waals surface area contributed by atoms with E-state index in [0.717, 1.165) is 45.2 Å².